The number of anilines is 2. The zero-order valence-corrected chi connectivity index (χ0v) is 17.1. The molecule has 2 aromatic carbocycles. The monoisotopic (exact) mass is 422 g/mol. The molecule has 0 saturated carbocycles. The summed E-state index contributed by atoms with van der Waals surface area (Å²) in [4.78, 5) is 25.2. The molecule has 0 bridgehead atoms. The molecule has 1 aliphatic rings. The van der Waals surface area contributed by atoms with Gasteiger partial charge < -0.3 is 10.1 Å². The number of rotatable bonds is 4. The van der Waals surface area contributed by atoms with E-state index in [4.69, 9.17) is 16.3 Å². The smallest absolute Gasteiger partial charge is 0.255 e. The van der Waals surface area contributed by atoms with Crippen molar-refractivity contribution in [3.8, 4) is 5.75 Å². The summed E-state index contributed by atoms with van der Waals surface area (Å²) in [6.45, 7) is 3.11. The van der Waals surface area contributed by atoms with Crippen LogP contribution in [0.25, 0.3) is 0 Å². The summed E-state index contributed by atoms with van der Waals surface area (Å²) in [5, 5.41) is 2.77. The number of methoxy groups -OCH3 is 1. The first-order chi connectivity index (χ1) is 13.0. The average Bonchev–Trinajstić information content (AvgIpc) is 2.79. The third kappa shape index (κ3) is 3.70. The molecule has 28 heavy (non-hydrogen) atoms. The highest BCUT2D eigenvalue weighted by Crippen LogP contribution is 2.39. The fourth-order valence-corrected chi connectivity index (χ4v) is 5.30. The van der Waals surface area contributed by atoms with Crippen molar-refractivity contribution in [2.24, 2.45) is 5.41 Å². The topological polar surface area (TPSA) is 92.8 Å². The van der Waals surface area contributed by atoms with E-state index in [1.54, 1.807) is 38.1 Å². The molecule has 0 unspecified atom stereocenters. The van der Waals surface area contributed by atoms with Gasteiger partial charge in [0.2, 0.25) is 15.9 Å². The molecular weight excluding hydrogens is 404 g/mol. The average molecular weight is 423 g/mol. The van der Waals surface area contributed by atoms with Crippen LogP contribution in [-0.2, 0) is 14.8 Å². The summed E-state index contributed by atoms with van der Waals surface area (Å²) in [5.41, 5.74) is -0.389. The minimum atomic E-state index is -3.87. The van der Waals surface area contributed by atoms with Gasteiger partial charge >= 0.3 is 0 Å². The zero-order chi connectivity index (χ0) is 20.7. The van der Waals surface area contributed by atoms with E-state index in [9.17, 15) is 18.0 Å². The Morgan fingerprint density at radius 3 is 2.36 bits per heavy atom. The molecule has 0 aliphatic carbocycles. The predicted molar refractivity (Wildman–Crippen MR) is 107 cm³/mol. The molecule has 1 N–H and O–H groups in total. The Balaban J connectivity index is 1.93. The van der Waals surface area contributed by atoms with Crippen LogP contribution in [0.4, 0.5) is 11.4 Å². The minimum absolute atomic E-state index is 0.0281. The van der Waals surface area contributed by atoms with Gasteiger partial charge in [0.25, 0.3) is 5.91 Å². The first-order valence-corrected chi connectivity index (χ1v) is 10.4. The summed E-state index contributed by atoms with van der Waals surface area (Å²) < 4.78 is 30.8. The van der Waals surface area contributed by atoms with Crippen LogP contribution < -0.4 is 14.4 Å². The highest BCUT2D eigenvalue weighted by molar-refractivity contribution is 7.94. The van der Waals surface area contributed by atoms with Gasteiger partial charge in [-0.3, -0.25) is 9.59 Å². The van der Waals surface area contributed by atoms with E-state index >= 15 is 0 Å². The van der Waals surface area contributed by atoms with E-state index in [0.717, 1.165) is 0 Å². The molecule has 0 aromatic heterocycles. The van der Waals surface area contributed by atoms with Crippen LogP contribution in [0.15, 0.2) is 42.5 Å². The van der Waals surface area contributed by atoms with Gasteiger partial charge in [0.05, 0.1) is 29.0 Å². The van der Waals surface area contributed by atoms with Gasteiger partial charge in [-0.25, -0.2) is 12.7 Å². The van der Waals surface area contributed by atoms with E-state index in [0.29, 0.717) is 15.7 Å². The summed E-state index contributed by atoms with van der Waals surface area (Å²) in [6, 6.07) is 10.9. The second-order valence-electron chi connectivity index (χ2n) is 7.06. The van der Waals surface area contributed by atoms with Crippen molar-refractivity contribution in [2.75, 3.05) is 22.5 Å². The SMILES string of the molecule is COc1ccc(NC(=O)c2ccc(Cl)c(N3C(=O)C(C)(C)CS3(=O)=O)c2)cc1. The van der Waals surface area contributed by atoms with E-state index in [-0.39, 0.29) is 22.0 Å². The third-order valence-electron chi connectivity index (χ3n) is 4.36. The highest BCUT2D eigenvalue weighted by atomic mass is 35.5. The molecule has 0 spiro atoms. The van der Waals surface area contributed by atoms with Crippen LogP contribution >= 0.6 is 11.6 Å². The van der Waals surface area contributed by atoms with Gasteiger partial charge in [0.15, 0.2) is 0 Å². The van der Waals surface area contributed by atoms with E-state index < -0.39 is 27.3 Å². The first kappa shape index (κ1) is 20.2. The normalized spacial score (nSPS) is 17.4. The number of sulfonamides is 1. The second-order valence-corrected chi connectivity index (χ2v) is 9.28. The molecule has 9 heteroatoms. The summed E-state index contributed by atoms with van der Waals surface area (Å²) in [7, 11) is -2.34. The van der Waals surface area contributed by atoms with Crippen molar-refractivity contribution in [3.05, 3.63) is 53.1 Å². The number of hydrogen-bond acceptors (Lipinski definition) is 5. The molecule has 148 valence electrons. The molecule has 2 aromatic rings. The fourth-order valence-electron chi connectivity index (χ4n) is 2.93. The largest absolute Gasteiger partial charge is 0.497 e. The lowest BCUT2D eigenvalue weighted by molar-refractivity contribution is -0.123. The molecule has 0 atom stereocenters. The van der Waals surface area contributed by atoms with E-state index in [1.807, 2.05) is 0 Å². The van der Waals surface area contributed by atoms with Gasteiger partial charge in [0.1, 0.15) is 5.75 Å². The van der Waals surface area contributed by atoms with Gasteiger partial charge in [-0.05, 0) is 56.3 Å². The lowest BCUT2D eigenvalue weighted by Crippen LogP contribution is -2.33. The fraction of sp³-hybridized carbons (Fsp3) is 0.263. The molecule has 1 heterocycles. The molecule has 1 saturated heterocycles. The Morgan fingerprint density at radius 2 is 1.82 bits per heavy atom. The Kier molecular flexibility index (Phi) is 5.12. The number of ether oxygens (including phenoxy) is 1. The number of hydrogen-bond donors (Lipinski definition) is 1. The highest BCUT2D eigenvalue weighted by Gasteiger charge is 2.50. The maximum absolute atomic E-state index is 12.6. The molecule has 2 amide bonds. The van der Waals surface area contributed by atoms with E-state index in [2.05, 4.69) is 5.32 Å². The van der Waals surface area contributed by atoms with Gasteiger partial charge in [-0.15, -0.1) is 0 Å². The number of carbonyl (C=O) groups is 2. The van der Waals surface area contributed by atoms with Gasteiger partial charge in [0, 0.05) is 11.3 Å². The minimum Gasteiger partial charge on any atom is -0.497 e. The van der Waals surface area contributed by atoms with Crippen molar-refractivity contribution in [3.63, 3.8) is 0 Å². The van der Waals surface area contributed by atoms with Crippen molar-refractivity contribution in [1.29, 1.82) is 0 Å². The Morgan fingerprint density at radius 1 is 1.18 bits per heavy atom. The predicted octanol–water partition coefficient (Wildman–Crippen LogP) is 3.30. The summed E-state index contributed by atoms with van der Waals surface area (Å²) in [5.74, 6) is -0.724. The molecule has 1 fully saturated rings. The maximum Gasteiger partial charge on any atom is 0.255 e. The molecule has 7 nitrogen and oxygen atoms in total. The Labute approximate surface area is 168 Å². The number of amides is 2. The third-order valence-corrected chi connectivity index (χ3v) is 6.68. The number of nitrogens with one attached hydrogen (secondary N) is 1. The van der Waals surface area contributed by atoms with Crippen LogP contribution in [0, 0.1) is 5.41 Å². The summed E-state index contributed by atoms with van der Waals surface area (Å²) >= 11 is 6.16. The van der Waals surface area contributed by atoms with Crippen LogP contribution in [0.1, 0.15) is 24.2 Å². The zero-order valence-electron chi connectivity index (χ0n) is 15.5. The molecule has 3 rings (SSSR count). The molecule has 0 radical (unpaired) electrons. The summed E-state index contributed by atoms with van der Waals surface area (Å²) in [6.07, 6.45) is 0. The lowest BCUT2D eigenvalue weighted by Gasteiger charge is -2.19. The van der Waals surface area contributed by atoms with Crippen LogP contribution in [0.5, 0.6) is 5.75 Å². The lowest BCUT2D eigenvalue weighted by atomic mass is 9.95. The number of nitrogens with zero attached hydrogens (tertiary/aromatic N) is 1. The van der Waals surface area contributed by atoms with Crippen molar-refractivity contribution < 1.29 is 22.7 Å². The number of benzene rings is 2. The first-order valence-electron chi connectivity index (χ1n) is 8.37. The standard InChI is InChI=1S/C19H19ClN2O5S/c1-19(2)11-28(25,26)22(18(19)24)16-10-12(4-9-15(16)20)17(23)21-13-5-7-14(27-3)8-6-13/h4-10H,11H2,1-3H3,(H,21,23). The Hall–Kier alpha value is -2.58. The maximum atomic E-state index is 12.6. The molecular formula is C19H19ClN2O5S. The number of carbonyl (C=O) groups excluding carboxylic acids is 2. The number of halogens is 1. The van der Waals surface area contributed by atoms with Crippen LogP contribution in [0.3, 0.4) is 0 Å². The van der Waals surface area contributed by atoms with E-state index in [1.165, 1.54) is 25.3 Å². The van der Waals surface area contributed by atoms with Crippen molar-refractivity contribution >= 4 is 44.8 Å². The van der Waals surface area contributed by atoms with Crippen molar-refractivity contribution in [1.82, 2.24) is 0 Å². The molecule has 1 aliphatic heterocycles. The van der Waals surface area contributed by atoms with Crippen LogP contribution in [0.2, 0.25) is 5.02 Å². The Bertz CT molecular complexity index is 1050. The van der Waals surface area contributed by atoms with Crippen molar-refractivity contribution in [2.45, 2.75) is 13.8 Å². The van der Waals surface area contributed by atoms with Crippen LogP contribution in [-0.4, -0.2) is 33.1 Å². The second kappa shape index (κ2) is 7.10. The van der Waals surface area contributed by atoms with Gasteiger partial charge in [-0.1, -0.05) is 11.6 Å². The van der Waals surface area contributed by atoms with Gasteiger partial charge in [-0.2, -0.15) is 0 Å². The quantitative estimate of drug-likeness (QED) is 0.815.